The molecule has 8 nitrogen and oxygen atoms in total. The molecule has 0 aromatic carbocycles. The van der Waals surface area contributed by atoms with E-state index in [1.54, 1.807) is 22.8 Å². The van der Waals surface area contributed by atoms with Crippen molar-refractivity contribution in [2.75, 3.05) is 19.8 Å². The maximum Gasteiger partial charge on any atom is 0.312 e. The number of ether oxygens (including phenoxy) is 2. The number of rotatable bonds is 10. The summed E-state index contributed by atoms with van der Waals surface area (Å²) in [5.41, 5.74) is -1.07. The summed E-state index contributed by atoms with van der Waals surface area (Å²) in [6.45, 7) is 13.7. The van der Waals surface area contributed by atoms with Crippen LogP contribution in [0.4, 0.5) is 0 Å². The highest BCUT2D eigenvalue weighted by molar-refractivity contribution is 5.98. The molecule has 0 aromatic heterocycles. The standard InChI is InChI=1S/C24H38N2O6/c1-7-11-25(15(5)6)22(29)20-24-10-9-17(32-24)18(23(30)31-8-2)19(24)21(28)26(20)16(13-27)12-14(3)4/h7,14-20,27H,1,8-13H2,2-6H3/t16-,17-,18+,19+,20-,24+/m1/s1. The Kier molecular flexibility index (Phi) is 7.34. The Morgan fingerprint density at radius 2 is 2.06 bits per heavy atom. The minimum atomic E-state index is -1.07. The van der Waals surface area contributed by atoms with E-state index >= 15 is 0 Å². The smallest absolute Gasteiger partial charge is 0.312 e. The van der Waals surface area contributed by atoms with E-state index in [2.05, 4.69) is 6.58 Å². The van der Waals surface area contributed by atoms with Crippen LogP contribution in [0.2, 0.25) is 0 Å². The maximum absolute atomic E-state index is 14.0. The Balaban J connectivity index is 2.10. The molecule has 2 amide bonds. The minimum absolute atomic E-state index is 0.106. The summed E-state index contributed by atoms with van der Waals surface area (Å²) in [4.78, 5) is 43.9. The van der Waals surface area contributed by atoms with Gasteiger partial charge in [-0.05, 0) is 46.0 Å². The van der Waals surface area contributed by atoms with E-state index in [1.165, 1.54) is 0 Å². The number of amides is 2. The second kappa shape index (κ2) is 9.51. The van der Waals surface area contributed by atoms with Crippen LogP contribution in [-0.2, 0) is 23.9 Å². The van der Waals surface area contributed by atoms with E-state index in [-0.39, 0.29) is 37.0 Å². The third kappa shape index (κ3) is 3.85. The molecule has 3 aliphatic heterocycles. The zero-order chi connectivity index (χ0) is 23.8. The average Bonchev–Trinajstić information content (AvgIpc) is 3.37. The van der Waals surface area contributed by atoms with Crippen LogP contribution in [0, 0.1) is 17.8 Å². The first-order valence-electron chi connectivity index (χ1n) is 11.8. The molecule has 1 spiro atoms. The molecule has 2 bridgehead atoms. The molecule has 6 atom stereocenters. The molecule has 3 heterocycles. The van der Waals surface area contributed by atoms with Gasteiger partial charge in [0.05, 0.1) is 37.2 Å². The number of esters is 1. The van der Waals surface area contributed by atoms with Gasteiger partial charge in [-0.3, -0.25) is 14.4 Å². The van der Waals surface area contributed by atoms with Crippen molar-refractivity contribution in [3.63, 3.8) is 0 Å². The summed E-state index contributed by atoms with van der Waals surface area (Å²) in [6.07, 6.45) is 2.91. The highest BCUT2D eigenvalue weighted by atomic mass is 16.6. The van der Waals surface area contributed by atoms with Crippen molar-refractivity contribution in [3.05, 3.63) is 12.7 Å². The van der Waals surface area contributed by atoms with Gasteiger partial charge in [-0.2, -0.15) is 0 Å². The monoisotopic (exact) mass is 450 g/mol. The quantitative estimate of drug-likeness (QED) is 0.402. The fourth-order valence-electron chi connectivity index (χ4n) is 5.94. The number of hydrogen-bond acceptors (Lipinski definition) is 6. The van der Waals surface area contributed by atoms with E-state index in [1.807, 2.05) is 27.7 Å². The summed E-state index contributed by atoms with van der Waals surface area (Å²) in [6, 6.07) is -1.52. The van der Waals surface area contributed by atoms with Crippen molar-refractivity contribution in [2.45, 2.75) is 83.7 Å². The lowest BCUT2D eigenvalue weighted by atomic mass is 9.70. The fourth-order valence-corrected chi connectivity index (χ4v) is 5.94. The SMILES string of the molecule is C=CCN(C(=O)[C@H]1N([C@@H](CO)CC(C)C)C(=O)[C@@H]2[C@@H](C(=O)OCC)[C@H]3CC[C@]21O3)C(C)C. The van der Waals surface area contributed by atoms with Crippen LogP contribution in [-0.4, -0.2) is 82.3 Å². The van der Waals surface area contributed by atoms with Gasteiger partial charge in [0.25, 0.3) is 0 Å². The summed E-state index contributed by atoms with van der Waals surface area (Å²) >= 11 is 0. The number of nitrogens with zero attached hydrogens (tertiary/aromatic N) is 2. The Morgan fingerprint density at radius 3 is 2.59 bits per heavy atom. The van der Waals surface area contributed by atoms with Crippen LogP contribution in [0.3, 0.4) is 0 Å². The number of fused-ring (bicyclic) bond motifs is 1. The van der Waals surface area contributed by atoms with Crippen molar-refractivity contribution < 1.29 is 29.0 Å². The molecule has 180 valence electrons. The average molecular weight is 451 g/mol. The van der Waals surface area contributed by atoms with Gasteiger partial charge >= 0.3 is 5.97 Å². The third-order valence-corrected chi connectivity index (χ3v) is 7.11. The Hall–Kier alpha value is -1.93. The van der Waals surface area contributed by atoms with Gasteiger partial charge in [-0.25, -0.2) is 0 Å². The van der Waals surface area contributed by atoms with Gasteiger partial charge in [-0.1, -0.05) is 19.9 Å². The Morgan fingerprint density at radius 1 is 1.38 bits per heavy atom. The molecule has 32 heavy (non-hydrogen) atoms. The highest BCUT2D eigenvalue weighted by Crippen LogP contribution is 2.59. The van der Waals surface area contributed by atoms with Crippen molar-refractivity contribution in [3.8, 4) is 0 Å². The molecule has 0 aromatic rings. The second-order valence-corrected chi connectivity index (χ2v) is 9.89. The van der Waals surface area contributed by atoms with Gasteiger partial charge in [0.1, 0.15) is 11.6 Å². The van der Waals surface area contributed by atoms with Crippen molar-refractivity contribution >= 4 is 17.8 Å². The van der Waals surface area contributed by atoms with Gasteiger partial charge < -0.3 is 24.4 Å². The van der Waals surface area contributed by atoms with Crippen LogP contribution in [0.25, 0.3) is 0 Å². The van der Waals surface area contributed by atoms with Crippen molar-refractivity contribution in [1.82, 2.24) is 9.80 Å². The van der Waals surface area contributed by atoms with Crippen LogP contribution in [0.15, 0.2) is 12.7 Å². The number of carbonyl (C=O) groups is 3. The first-order valence-corrected chi connectivity index (χ1v) is 11.8. The number of aliphatic hydroxyl groups excluding tert-OH is 1. The highest BCUT2D eigenvalue weighted by Gasteiger charge is 2.75. The second-order valence-electron chi connectivity index (χ2n) is 9.89. The molecule has 0 saturated carbocycles. The zero-order valence-electron chi connectivity index (χ0n) is 20.0. The predicted molar refractivity (Wildman–Crippen MR) is 118 cm³/mol. The lowest BCUT2D eigenvalue weighted by Crippen LogP contribution is -2.59. The zero-order valence-corrected chi connectivity index (χ0v) is 20.0. The molecule has 3 aliphatic rings. The topological polar surface area (TPSA) is 96.4 Å². The largest absolute Gasteiger partial charge is 0.466 e. The van der Waals surface area contributed by atoms with Gasteiger partial charge in [-0.15, -0.1) is 6.58 Å². The van der Waals surface area contributed by atoms with Gasteiger partial charge in [0.15, 0.2) is 0 Å². The lowest BCUT2D eigenvalue weighted by Gasteiger charge is -2.40. The van der Waals surface area contributed by atoms with Crippen LogP contribution < -0.4 is 0 Å². The molecule has 0 radical (unpaired) electrons. The van der Waals surface area contributed by atoms with Gasteiger partial charge in [0, 0.05) is 12.6 Å². The molecule has 3 saturated heterocycles. The number of aliphatic hydroxyl groups is 1. The fraction of sp³-hybridized carbons (Fsp3) is 0.792. The molecule has 3 fully saturated rings. The first kappa shape index (κ1) is 24.7. The van der Waals surface area contributed by atoms with E-state index in [0.29, 0.717) is 25.8 Å². The lowest BCUT2D eigenvalue weighted by molar-refractivity contribution is -0.156. The summed E-state index contributed by atoms with van der Waals surface area (Å²) in [7, 11) is 0. The Labute approximate surface area is 190 Å². The maximum atomic E-state index is 14.0. The molecule has 8 heteroatoms. The number of hydrogen-bond donors (Lipinski definition) is 1. The summed E-state index contributed by atoms with van der Waals surface area (Å²) in [5.74, 6) is -2.23. The van der Waals surface area contributed by atoms with E-state index in [4.69, 9.17) is 9.47 Å². The third-order valence-electron chi connectivity index (χ3n) is 7.11. The summed E-state index contributed by atoms with van der Waals surface area (Å²) < 4.78 is 11.7. The summed E-state index contributed by atoms with van der Waals surface area (Å²) in [5, 5.41) is 10.2. The number of likely N-dealkylation sites (tertiary alicyclic amines) is 1. The first-order chi connectivity index (χ1) is 15.1. The number of carbonyl (C=O) groups excluding carboxylic acids is 3. The van der Waals surface area contributed by atoms with E-state index in [0.717, 1.165) is 0 Å². The molecular weight excluding hydrogens is 412 g/mol. The normalized spacial score (nSPS) is 31.9. The molecule has 1 N–H and O–H groups in total. The molecular formula is C24H38N2O6. The Bertz CT molecular complexity index is 753. The van der Waals surface area contributed by atoms with Gasteiger partial charge in [0.2, 0.25) is 11.8 Å². The van der Waals surface area contributed by atoms with Crippen LogP contribution in [0.1, 0.15) is 53.9 Å². The van der Waals surface area contributed by atoms with E-state index < -0.39 is 41.6 Å². The minimum Gasteiger partial charge on any atom is -0.466 e. The van der Waals surface area contributed by atoms with Crippen molar-refractivity contribution in [2.24, 2.45) is 17.8 Å². The molecule has 0 aliphatic carbocycles. The van der Waals surface area contributed by atoms with Crippen LogP contribution in [0.5, 0.6) is 0 Å². The van der Waals surface area contributed by atoms with Crippen molar-refractivity contribution in [1.29, 1.82) is 0 Å². The predicted octanol–water partition coefficient (Wildman–Crippen LogP) is 1.75. The molecule has 3 rings (SSSR count). The molecule has 0 unspecified atom stereocenters. The van der Waals surface area contributed by atoms with Crippen LogP contribution >= 0.6 is 0 Å². The van der Waals surface area contributed by atoms with E-state index in [9.17, 15) is 19.5 Å².